The zero-order chi connectivity index (χ0) is 15.3. The predicted molar refractivity (Wildman–Crippen MR) is 89.0 cm³/mol. The summed E-state index contributed by atoms with van der Waals surface area (Å²) in [7, 11) is 0. The summed E-state index contributed by atoms with van der Waals surface area (Å²) in [5, 5.41) is 17.1. The van der Waals surface area contributed by atoms with Crippen LogP contribution in [0.25, 0.3) is 4.96 Å². The first-order valence-corrected chi connectivity index (χ1v) is 9.18. The Kier molecular flexibility index (Phi) is 3.43. The maximum Gasteiger partial charge on any atom is 0.230 e. The van der Waals surface area contributed by atoms with Gasteiger partial charge in [0.15, 0.2) is 0 Å². The Balaban J connectivity index is 1.86. The van der Waals surface area contributed by atoms with Gasteiger partial charge in [0.25, 0.3) is 0 Å². The van der Waals surface area contributed by atoms with Crippen molar-refractivity contribution >= 4 is 27.6 Å². The van der Waals surface area contributed by atoms with Crippen LogP contribution in [0.1, 0.15) is 40.0 Å². The Bertz CT molecular complexity index is 813. The molecule has 4 heterocycles. The molecule has 0 aliphatic carbocycles. The van der Waals surface area contributed by atoms with Crippen molar-refractivity contribution in [3.05, 3.63) is 32.6 Å². The van der Waals surface area contributed by atoms with Crippen molar-refractivity contribution in [1.29, 1.82) is 0 Å². The van der Waals surface area contributed by atoms with E-state index < -0.39 is 0 Å². The van der Waals surface area contributed by atoms with E-state index in [1.54, 1.807) is 27.2 Å². The van der Waals surface area contributed by atoms with Gasteiger partial charge >= 0.3 is 0 Å². The minimum Gasteiger partial charge on any atom is -0.492 e. The molecule has 1 atom stereocenters. The van der Waals surface area contributed by atoms with Crippen LogP contribution in [-0.4, -0.2) is 37.7 Å². The summed E-state index contributed by atoms with van der Waals surface area (Å²) in [6.45, 7) is 6.15. The van der Waals surface area contributed by atoms with Gasteiger partial charge in [-0.25, -0.2) is 4.98 Å². The lowest BCUT2D eigenvalue weighted by Crippen LogP contribution is -2.25. The first kappa shape index (κ1) is 14.2. The summed E-state index contributed by atoms with van der Waals surface area (Å²) in [5.74, 6) is 0.934. The highest BCUT2D eigenvalue weighted by Crippen LogP contribution is 2.43. The van der Waals surface area contributed by atoms with Gasteiger partial charge in [-0.15, -0.1) is 16.4 Å². The van der Waals surface area contributed by atoms with Crippen LogP contribution in [0.15, 0.2) is 11.4 Å². The smallest absolute Gasteiger partial charge is 0.230 e. The third-order valence-corrected chi connectivity index (χ3v) is 6.35. The number of aromatic hydroxyl groups is 1. The molecule has 1 aliphatic heterocycles. The van der Waals surface area contributed by atoms with E-state index in [0.717, 1.165) is 22.9 Å². The molecule has 0 bridgehead atoms. The average Bonchev–Trinajstić information content (AvgIpc) is 3.23. The first-order chi connectivity index (χ1) is 10.6. The van der Waals surface area contributed by atoms with Crippen LogP contribution in [0, 0.1) is 13.8 Å². The molecule has 5 nitrogen and oxygen atoms in total. The second-order valence-corrected chi connectivity index (χ2v) is 7.71. The molecule has 0 radical (unpaired) electrons. The van der Waals surface area contributed by atoms with E-state index in [9.17, 15) is 5.11 Å². The first-order valence-electron chi connectivity index (χ1n) is 7.48. The standard InChI is InChI=1S/C15H18N4OS2/c1-9-5-8-21-12(9)11(18-6-3-4-7-18)13-14(20)19-15(22-13)16-10(2)17-19/h5,8,11,20H,3-4,6-7H2,1-2H3. The molecule has 1 saturated heterocycles. The van der Waals surface area contributed by atoms with Crippen molar-refractivity contribution in [1.82, 2.24) is 19.5 Å². The normalized spacial score (nSPS) is 17.5. The molecule has 0 spiro atoms. The van der Waals surface area contributed by atoms with Gasteiger partial charge in [-0.1, -0.05) is 11.3 Å². The van der Waals surface area contributed by atoms with Gasteiger partial charge in [0.1, 0.15) is 5.82 Å². The number of likely N-dealkylation sites (tertiary alicyclic amines) is 1. The van der Waals surface area contributed by atoms with Crippen LogP contribution in [0.2, 0.25) is 0 Å². The number of nitrogens with zero attached hydrogens (tertiary/aromatic N) is 4. The molecule has 7 heteroatoms. The number of fused-ring (bicyclic) bond motifs is 1. The van der Waals surface area contributed by atoms with Gasteiger partial charge in [-0.05, 0) is 56.8 Å². The largest absolute Gasteiger partial charge is 0.492 e. The van der Waals surface area contributed by atoms with E-state index in [-0.39, 0.29) is 11.9 Å². The van der Waals surface area contributed by atoms with E-state index in [2.05, 4.69) is 33.4 Å². The van der Waals surface area contributed by atoms with Gasteiger partial charge in [-0.2, -0.15) is 4.52 Å². The number of aromatic nitrogens is 3. The highest BCUT2D eigenvalue weighted by molar-refractivity contribution is 7.17. The molecule has 1 N–H and O–H groups in total. The molecule has 0 aromatic carbocycles. The van der Waals surface area contributed by atoms with Crippen molar-refractivity contribution in [3.63, 3.8) is 0 Å². The number of thiazole rings is 1. The second kappa shape index (κ2) is 5.33. The van der Waals surface area contributed by atoms with Crippen molar-refractivity contribution in [2.45, 2.75) is 32.7 Å². The molecule has 0 saturated carbocycles. The zero-order valence-electron chi connectivity index (χ0n) is 12.6. The van der Waals surface area contributed by atoms with Crippen LogP contribution in [0.5, 0.6) is 5.88 Å². The zero-order valence-corrected chi connectivity index (χ0v) is 14.2. The van der Waals surface area contributed by atoms with Crippen molar-refractivity contribution < 1.29 is 5.11 Å². The van der Waals surface area contributed by atoms with Gasteiger partial charge in [0, 0.05) is 4.88 Å². The highest BCUT2D eigenvalue weighted by atomic mass is 32.1. The summed E-state index contributed by atoms with van der Waals surface area (Å²) in [6.07, 6.45) is 2.45. The summed E-state index contributed by atoms with van der Waals surface area (Å²) in [5.41, 5.74) is 1.29. The number of aryl methyl sites for hydroxylation is 2. The van der Waals surface area contributed by atoms with E-state index in [1.165, 1.54) is 23.3 Å². The van der Waals surface area contributed by atoms with Gasteiger partial charge < -0.3 is 5.11 Å². The Morgan fingerprint density at radius 2 is 2.00 bits per heavy atom. The summed E-state index contributed by atoms with van der Waals surface area (Å²) in [6, 6.07) is 2.28. The molecule has 3 aromatic heterocycles. The van der Waals surface area contributed by atoms with Gasteiger partial charge in [0.2, 0.25) is 10.8 Å². The van der Waals surface area contributed by atoms with Crippen LogP contribution in [0.3, 0.4) is 0 Å². The van der Waals surface area contributed by atoms with E-state index >= 15 is 0 Å². The average molecular weight is 334 g/mol. The molecule has 1 fully saturated rings. The fourth-order valence-electron chi connectivity index (χ4n) is 3.14. The molecule has 3 aromatic rings. The van der Waals surface area contributed by atoms with Crippen LogP contribution < -0.4 is 0 Å². The lowest BCUT2D eigenvalue weighted by atomic mass is 10.1. The molecular formula is C15H18N4OS2. The fraction of sp³-hybridized carbons (Fsp3) is 0.467. The summed E-state index contributed by atoms with van der Waals surface area (Å²) >= 11 is 3.32. The van der Waals surface area contributed by atoms with Crippen LogP contribution in [-0.2, 0) is 0 Å². The Morgan fingerprint density at radius 1 is 1.23 bits per heavy atom. The molecule has 116 valence electrons. The Labute approximate surface area is 136 Å². The minimum absolute atomic E-state index is 0.122. The Morgan fingerprint density at radius 3 is 2.64 bits per heavy atom. The molecular weight excluding hydrogens is 316 g/mol. The second-order valence-electron chi connectivity index (χ2n) is 5.76. The molecule has 0 amide bonds. The maximum absolute atomic E-state index is 10.7. The van der Waals surface area contributed by atoms with Crippen molar-refractivity contribution in [2.75, 3.05) is 13.1 Å². The molecule has 1 aliphatic rings. The van der Waals surface area contributed by atoms with E-state index in [0.29, 0.717) is 5.82 Å². The number of hydrogen-bond donors (Lipinski definition) is 1. The topological polar surface area (TPSA) is 53.7 Å². The number of thiophene rings is 1. The third kappa shape index (κ3) is 2.15. The number of hydrogen-bond acceptors (Lipinski definition) is 6. The molecule has 1 unspecified atom stereocenters. The van der Waals surface area contributed by atoms with Gasteiger partial charge in [-0.3, -0.25) is 4.90 Å². The number of rotatable bonds is 3. The van der Waals surface area contributed by atoms with Gasteiger partial charge in [0.05, 0.1) is 10.9 Å². The quantitative estimate of drug-likeness (QED) is 0.798. The fourth-order valence-corrected chi connectivity index (χ4v) is 5.43. The SMILES string of the molecule is Cc1nc2sc(C(c3sccc3C)N3CCCC3)c(O)n2n1. The van der Waals surface area contributed by atoms with Crippen molar-refractivity contribution in [2.24, 2.45) is 0 Å². The monoisotopic (exact) mass is 334 g/mol. The van der Waals surface area contributed by atoms with Crippen LogP contribution in [0.4, 0.5) is 0 Å². The maximum atomic E-state index is 10.7. The predicted octanol–water partition coefficient (Wildman–Crippen LogP) is 3.36. The Hall–Kier alpha value is -1.44. The highest BCUT2D eigenvalue weighted by Gasteiger charge is 2.32. The van der Waals surface area contributed by atoms with Crippen LogP contribution >= 0.6 is 22.7 Å². The lowest BCUT2D eigenvalue weighted by Gasteiger charge is -2.26. The molecule has 4 rings (SSSR count). The van der Waals surface area contributed by atoms with Crippen molar-refractivity contribution in [3.8, 4) is 5.88 Å². The third-order valence-electron chi connectivity index (χ3n) is 4.21. The summed E-state index contributed by atoms with van der Waals surface area (Å²) < 4.78 is 1.57. The molecule has 22 heavy (non-hydrogen) atoms. The van der Waals surface area contributed by atoms with E-state index in [1.807, 2.05) is 6.92 Å². The van der Waals surface area contributed by atoms with E-state index in [4.69, 9.17) is 0 Å². The lowest BCUT2D eigenvalue weighted by molar-refractivity contribution is 0.279. The summed E-state index contributed by atoms with van der Waals surface area (Å²) in [4.78, 5) is 9.92. The minimum atomic E-state index is 0.122.